The number of nitrogens with zero attached hydrogens (tertiary/aromatic N) is 4. The lowest BCUT2D eigenvalue weighted by molar-refractivity contribution is -0.124. The molecule has 0 saturated heterocycles. The van der Waals surface area contributed by atoms with Crippen molar-refractivity contribution in [2.75, 3.05) is 13.7 Å². The van der Waals surface area contributed by atoms with E-state index < -0.39 is 6.04 Å². The highest BCUT2D eigenvalue weighted by Crippen LogP contribution is 2.13. The summed E-state index contributed by atoms with van der Waals surface area (Å²) in [6.45, 7) is 5.90. The van der Waals surface area contributed by atoms with Gasteiger partial charge in [-0.25, -0.2) is 9.36 Å². The SMILES string of the molecule is COc1cccc(CCNC(=O)C(C)n2nc(-n3nc(C)cc3C)ccc2=O)c1. The van der Waals surface area contributed by atoms with Crippen LogP contribution in [0, 0.1) is 13.8 Å². The third-order valence-corrected chi connectivity index (χ3v) is 4.63. The highest BCUT2D eigenvalue weighted by atomic mass is 16.5. The molecule has 3 aromatic rings. The first-order valence-electron chi connectivity index (χ1n) is 9.43. The lowest BCUT2D eigenvalue weighted by Gasteiger charge is -2.15. The summed E-state index contributed by atoms with van der Waals surface area (Å²) in [6.07, 6.45) is 0.657. The van der Waals surface area contributed by atoms with Gasteiger partial charge in [0.15, 0.2) is 5.82 Å². The van der Waals surface area contributed by atoms with Crippen LogP contribution in [0.2, 0.25) is 0 Å². The number of carbonyl (C=O) groups excluding carboxylic acids is 1. The van der Waals surface area contributed by atoms with Crippen LogP contribution in [-0.4, -0.2) is 39.1 Å². The number of hydrogen-bond donors (Lipinski definition) is 1. The van der Waals surface area contributed by atoms with Crippen molar-refractivity contribution in [3.05, 3.63) is 69.8 Å². The average molecular weight is 395 g/mol. The van der Waals surface area contributed by atoms with Gasteiger partial charge in [0.1, 0.15) is 11.8 Å². The third kappa shape index (κ3) is 4.71. The molecule has 29 heavy (non-hydrogen) atoms. The van der Waals surface area contributed by atoms with Crippen molar-refractivity contribution < 1.29 is 9.53 Å². The third-order valence-electron chi connectivity index (χ3n) is 4.63. The minimum Gasteiger partial charge on any atom is -0.497 e. The summed E-state index contributed by atoms with van der Waals surface area (Å²) in [4.78, 5) is 24.9. The van der Waals surface area contributed by atoms with Gasteiger partial charge >= 0.3 is 0 Å². The molecule has 0 aliphatic heterocycles. The van der Waals surface area contributed by atoms with Crippen molar-refractivity contribution in [2.24, 2.45) is 0 Å². The highest BCUT2D eigenvalue weighted by Gasteiger charge is 2.18. The molecule has 3 rings (SSSR count). The summed E-state index contributed by atoms with van der Waals surface area (Å²) in [7, 11) is 1.62. The van der Waals surface area contributed by atoms with Crippen LogP contribution < -0.4 is 15.6 Å². The number of amides is 1. The molecule has 0 spiro atoms. The molecule has 0 saturated carbocycles. The van der Waals surface area contributed by atoms with Crippen LogP contribution in [0.4, 0.5) is 0 Å². The lowest BCUT2D eigenvalue weighted by Crippen LogP contribution is -2.38. The minimum absolute atomic E-state index is 0.270. The maximum atomic E-state index is 12.6. The van der Waals surface area contributed by atoms with Gasteiger partial charge in [0, 0.05) is 18.3 Å². The largest absolute Gasteiger partial charge is 0.497 e. The molecule has 2 aromatic heterocycles. The van der Waals surface area contributed by atoms with Crippen molar-refractivity contribution in [3.63, 3.8) is 0 Å². The number of carbonyl (C=O) groups is 1. The van der Waals surface area contributed by atoms with Crippen LogP contribution in [0.3, 0.4) is 0 Å². The molecule has 8 heteroatoms. The van der Waals surface area contributed by atoms with Gasteiger partial charge in [-0.05, 0) is 57.0 Å². The number of rotatable bonds is 7. The number of benzene rings is 1. The molecule has 1 N–H and O–H groups in total. The number of aromatic nitrogens is 4. The highest BCUT2D eigenvalue weighted by molar-refractivity contribution is 5.79. The van der Waals surface area contributed by atoms with Crippen molar-refractivity contribution in [1.82, 2.24) is 24.9 Å². The smallest absolute Gasteiger partial charge is 0.267 e. The van der Waals surface area contributed by atoms with E-state index in [9.17, 15) is 9.59 Å². The fourth-order valence-corrected chi connectivity index (χ4v) is 3.08. The number of methoxy groups -OCH3 is 1. The Morgan fingerprint density at radius 1 is 1.17 bits per heavy atom. The molecular formula is C21H25N5O3. The van der Waals surface area contributed by atoms with Crippen molar-refractivity contribution in [1.29, 1.82) is 0 Å². The molecule has 1 unspecified atom stereocenters. The first-order chi connectivity index (χ1) is 13.9. The maximum absolute atomic E-state index is 12.6. The van der Waals surface area contributed by atoms with E-state index in [-0.39, 0.29) is 11.5 Å². The Kier molecular flexibility index (Phi) is 6.11. The fraction of sp³-hybridized carbons (Fsp3) is 0.333. The van der Waals surface area contributed by atoms with E-state index in [1.165, 1.54) is 10.7 Å². The van der Waals surface area contributed by atoms with Gasteiger partial charge in [-0.2, -0.15) is 5.10 Å². The summed E-state index contributed by atoms with van der Waals surface area (Å²) < 4.78 is 8.05. The van der Waals surface area contributed by atoms with Crippen LogP contribution in [0.1, 0.15) is 29.9 Å². The van der Waals surface area contributed by atoms with Gasteiger partial charge < -0.3 is 10.1 Å². The van der Waals surface area contributed by atoms with E-state index in [4.69, 9.17) is 4.74 Å². The van der Waals surface area contributed by atoms with Crippen LogP contribution >= 0.6 is 0 Å². The minimum atomic E-state index is -0.746. The van der Waals surface area contributed by atoms with Gasteiger partial charge in [-0.1, -0.05) is 12.1 Å². The molecule has 2 heterocycles. The summed E-state index contributed by atoms with van der Waals surface area (Å²) >= 11 is 0. The zero-order chi connectivity index (χ0) is 21.0. The summed E-state index contributed by atoms with van der Waals surface area (Å²) in [6, 6.07) is 11.9. The second kappa shape index (κ2) is 8.72. The molecule has 0 fully saturated rings. The van der Waals surface area contributed by atoms with E-state index in [0.717, 1.165) is 22.7 Å². The number of ether oxygens (including phenoxy) is 1. The van der Waals surface area contributed by atoms with Crippen LogP contribution in [0.15, 0.2) is 47.3 Å². The molecule has 0 radical (unpaired) electrons. The number of aryl methyl sites for hydroxylation is 2. The predicted molar refractivity (Wildman–Crippen MR) is 110 cm³/mol. The Morgan fingerprint density at radius 2 is 1.97 bits per heavy atom. The normalized spacial score (nSPS) is 11.9. The molecular weight excluding hydrogens is 370 g/mol. The van der Waals surface area contributed by atoms with Crippen molar-refractivity contribution >= 4 is 5.91 Å². The zero-order valence-electron chi connectivity index (χ0n) is 17.0. The fourth-order valence-electron chi connectivity index (χ4n) is 3.08. The molecule has 1 amide bonds. The Morgan fingerprint density at radius 3 is 2.66 bits per heavy atom. The van der Waals surface area contributed by atoms with E-state index in [1.54, 1.807) is 24.8 Å². The molecule has 152 valence electrons. The molecule has 0 aliphatic carbocycles. The zero-order valence-corrected chi connectivity index (χ0v) is 17.0. The van der Waals surface area contributed by atoms with Gasteiger partial charge in [0.25, 0.3) is 5.56 Å². The first-order valence-corrected chi connectivity index (χ1v) is 9.43. The van der Waals surface area contributed by atoms with Gasteiger partial charge in [0.05, 0.1) is 12.8 Å². The quantitative estimate of drug-likeness (QED) is 0.661. The average Bonchev–Trinajstić information content (AvgIpc) is 3.06. The standard InChI is InChI=1S/C21H25N5O3/c1-14-12-15(2)25(23-14)19-8-9-20(27)26(24-19)16(3)21(28)22-11-10-17-6-5-7-18(13-17)29-4/h5-9,12-13,16H,10-11H2,1-4H3,(H,22,28). The summed E-state index contributed by atoms with van der Waals surface area (Å²) in [5.74, 6) is 0.998. The number of nitrogens with one attached hydrogen (secondary N) is 1. The molecule has 1 atom stereocenters. The second-order valence-corrected chi connectivity index (χ2v) is 6.88. The first kappa shape index (κ1) is 20.3. The van der Waals surface area contributed by atoms with Gasteiger partial charge in [-0.15, -0.1) is 5.10 Å². The Labute approximate surface area is 169 Å². The number of hydrogen-bond acceptors (Lipinski definition) is 5. The molecule has 0 bridgehead atoms. The second-order valence-electron chi connectivity index (χ2n) is 6.88. The van der Waals surface area contributed by atoms with Crippen LogP contribution in [0.5, 0.6) is 5.75 Å². The van der Waals surface area contributed by atoms with E-state index in [2.05, 4.69) is 15.5 Å². The maximum Gasteiger partial charge on any atom is 0.267 e. The van der Waals surface area contributed by atoms with E-state index >= 15 is 0 Å². The van der Waals surface area contributed by atoms with E-state index in [0.29, 0.717) is 18.8 Å². The summed E-state index contributed by atoms with van der Waals surface area (Å²) in [5, 5.41) is 11.6. The molecule has 8 nitrogen and oxygen atoms in total. The van der Waals surface area contributed by atoms with Crippen molar-refractivity contribution in [2.45, 2.75) is 33.2 Å². The Bertz CT molecular complexity index is 1070. The van der Waals surface area contributed by atoms with Crippen LogP contribution in [0.25, 0.3) is 5.82 Å². The summed E-state index contributed by atoms with van der Waals surface area (Å²) in [5.41, 5.74) is 2.46. The molecule has 1 aromatic carbocycles. The van der Waals surface area contributed by atoms with Gasteiger partial charge in [0.2, 0.25) is 5.91 Å². The van der Waals surface area contributed by atoms with Crippen molar-refractivity contribution in [3.8, 4) is 11.6 Å². The van der Waals surface area contributed by atoms with E-state index in [1.807, 2.05) is 44.2 Å². The monoisotopic (exact) mass is 395 g/mol. The predicted octanol–water partition coefficient (Wildman–Crippen LogP) is 1.97. The molecule has 0 aliphatic rings. The van der Waals surface area contributed by atoms with Crippen LogP contribution in [-0.2, 0) is 11.2 Å². The Balaban J connectivity index is 1.69. The Hall–Kier alpha value is -3.42. The van der Waals surface area contributed by atoms with Gasteiger partial charge in [-0.3, -0.25) is 9.59 Å². The topological polar surface area (TPSA) is 91.0 Å². The lowest BCUT2D eigenvalue weighted by atomic mass is 10.1.